The van der Waals surface area contributed by atoms with Crippen molar-refractivity contribution in [1.82, 2.24) is 10.2 Å². The van der Waals surface area contributed by atoms with Gasteiger partial charge in [-0.05, 0) is 18.4 Å². The molecule has 1 aromatic carbocycles. The van der Waals surface area contributed by atoms with Crippen molar-refractivity contribution in [3.05, 3.63) is 35.9 Å². The smallest absolute Gasteiger partial charge is 0.239 e. The summed E-state index contributed by atoms with van der Waals surface area (Å²) >= 11 is 0. The Morgan fingerprint density at radius 1 is 1.27 bits per heavy atom. The zero-order valence-corrected chi connectivity index (χ0v) is 13.7. The fourth-order valence-electron chi connectivity index (χ4n) is 2.30. The molecule has 1 rings (SSSR count). The molecule has 0 bridgehead atoms. The summed E-state index contributed by atoms with van der Waals surface area (Å²) in [4.78, 5) is 25.8. The van der Waals surface area contributed by atoms with Crippen LogP contribution in [-0.2, 0) is 14.3 Å². The molecule has 1 unspecified atom stereocenters. The van der Waals surface area contributed by atoms with Crippen LogP contribution in [0.15, 0.2) is 30.3 Å². The number of carbonyl (C=O) groups is 2. The van der Waals surface area contributed by atoms with E-state index in [1.807, 2.05) is 37.3 Å². The molecule has 5 nitrogen and oxygen atoms in total. The summed E-state index contributed by atoms with van der Waals surface area (Å²) < 4.78 is 4.92. The summed E-state index contributed by atoms with van der Waals surface area (Å²) in [5, 5.41) is 2.79. The number of amides is 2. The molecule has 122 valence electrons. The van der Waals surface area contributed by atoms with Gasteiger partial charge in [-0.3, -0.25) is 9.59 Å². The SMILES string of the molecule is CCC(C(=O)N(C)CC(=O)NCCCOC)c1ccccc1. The summed E-state index contributed by atoms with van der Waals surface area (Å²) in [6.45, 7) is 3.23. The number of benzene rings is 1. The normalized spacial score (nSPS) is 11.8. The Balaban J connectivity index is 2.51. The van der Waals surface area contributed by atoms with E-state index in [0.29, 0.717) is 19.6 Å². The minimum absolute atomic E-state index is 0.0271. The average molecular weight is 306 g/mol. The Morgan fingerprint density at radius 3 is 2.55 bits per heavy atom. The van der Waals surface area contributed by atoms with Crippen LogP contribution < -0.4 is 5.32 Å². The molecule has 5 heteroatoms. The van der Waals surface area contributed by atoms with E-state index in [1.165, 1.54) is 4.90 Å². The highest BCUT2D eigenvalue weighted by Gasteiger charge is 2.23. The highest BCUT2D eigenvalue weighted by Crippen LogP contribution is 2.21. The number of hydrogen-bond acceptors (Lipinski definition) is 3. The van der Waals surface area contributed by atoms with Gasteiger partial charge < -0.3 is 15.0 Å². The van der Waals surface area contributed by atoms with Crippen LogP contribution >= 0.6 is 0 Å². The number of methoxy groups -OCH3 is 1. The van der Waals surface area contributed by atoms with E-state index in [0.717, 1.165) is 12.0 Å². The van der Waals surface area contributed by atoms with Crippen LogP contribution in [0, 0.1) is 0 Å². The van der Waals surface area contributed by atoms with E-state index in [9.17, 15) is 9.59 Å². The lowest BCUT2D eigenvalue weighted by Crippen LogP contribution is -2.40. The molecule has 0 aliphatic heterocycles. The molecule has 0 fully saturated rings. The summed E-state index contributed by atoms with van der Waals surface area (Å²) in [6, 6.07) is 9.68. The van der Waals surface area contributed by atoms with Crippen LogP contribution in [0.1, 0.15) is 31.2 Å². The monoisotopic (exact) mass is 306 g/mol. The predicted molar refractivity (Wildman–Crippen MR) is 86.6 cm³/mol. The number of hydrogen-bond donors (Lipinski definition) is 1. The third kappa shape index (κ3) is 5.85. The van der Waals surface area contributed by atoms with Gasteiger partial charge in [0.1, 0.15) is 0 Å². The van der Waals surface area contributed by atoms with Gasteiger partial charge in [-0.1, -0.05) is 37.3 Å². The summed E-state index contributed by atoms with van der Waals surface area (Å²) in [5.41, 5.74) is 0.988. The second-order valence-corrected chi connectivity index (χ2v) is 5.26. The maximum atomic E-state index is 12.5. The molecular formula is C17H26N2O3. The maximum absolute atomic E-state index is 12.5. The molecule has 0 aliphatic carbocycles. The first-order chi connectivity index (χ1) is 10.6. The molecule has 0 aliphatic rings. The van der Waals surface area contributed by atoms with Gasteiger partial charge in [-0.2, -0.15) is 0 Å². The highest BCUT2D eigenvalue weighted by atomic mass is 16.5. The highest BCUT2D eigenvalue weighted by molar-refractivity contribution is 5.88. The standard InChI is InChI=1S/C17H26N2O3/c1-4-15(14-9-6-5-7-10-14)17(21)19(2)13-16(20)18-11-8-12-22-3/h5-7,9-10,15H,4,8,11-13H2,1-3H3,(H,18,20). The molecule has 0 spiro atoms. The van der Waals surface area contributed by atoms with Crippen LogP contribution in [0.25, 0.3) is 0 Å². The number of ether oxygens (including phenoxy) is 1. The Morgan fingerprint density at radius 2 is 1.95 bits per heavy atom. The molecular weight excluding hydrogens is 280 g/mol. The van der Waals surface area contributed by atoms with Crippen molar-refractivity contribution in [3.8, 4) is 0 Å². The number of nitrogens with one attached hydrogen (secondary N) is 1. The molecule has 22 heavy (non-hydrogen) atoms. The number of nitrogens with zero attached hydrogens (tertiary/aromatic N) is 1. The van der Waals surface area contributed by atoms with E-state index in [4.69, 9.17) is 4.74 Å². The molecule has 0 saturated heterocycles. The Bertz CT molecular complexity index is 462. The van der Waals surface area contributed by atoms with Crippen LogP contribution in [-0.4, -0.2) is 50.6 Å². The van der Waals surface area contributed by atoms with Gasteiger partial charge in [0, 0.05) is 27.3 Å². The Labute approximate surface area is 132 Å². The van der Waals surface area contributed by atoms with E-state index < -0.39 is 0 Å². The minimum atomic E-state index is -0.201. The zero-order chi connectivity index (χ0) is 16.4. The second-order valence-electron chi connectivity index (χ2n) is 5.26. The van der Waals surface area contributed by atoms with E-state index in [-0.39, 0.29) is 24.3 Å². The first-order valence-corrected chi connectivity index (χ1v) is 7.65. The Hall–Kier alpha value is -1.88. The second kappa shape index (κ2) is 9.95. The molecule has 0 aromatic heterocycles. The molecule has 1 N–H and O–H groups in total. The maximum Gasteiger partial charge on any atom is 0.239 e. The van der Waals surface area contributed by atoms with Gasteiger partial charge in [0.15, 0.2) is 0 Å². The molecule has 0 heterocycles. The quantitative estimate of drug-likeness (QED) is 0.708. The zero-order valence-electron chi connectivity index (χ0n) is 13.7. The van der Waals surface area contributed by atoms with Crippen molar-refractivity contribution in [2.75, 3.05) is 33.9 Å². The van der Waals surface area contributed by atoms with Crippen LogP contribution in [0.2, 0.25) is 0 Å². The first-order valence-electron chi connectivity index (χ1n) is 7.65. The lowest BCUT2D eigenvalue weighted by atomic mass is 9.95. The van der Waals surface area contributed by atoms with E-state index >= 15 is 0 Å². The van der Waals surface area contributed by atoms with Gasteiger partial charge in [0.25, 0.3) is 0 Å². The van der Waals surface area contributed by atoms with Gasteiger partial charge in [-0.15, -0.1) is 0 Å². The van der Waals surface area contributed by atoms with Gasteiger partial charge in [-0.25, -0.2) is 0 Å². The van der Waals surface area contributed by atoms with Crippen molar-refractivity contribution in [1.29, 1.82) is 0 Å². The molecule has 1 aromatic rings. The van der Waals surface area contributed by atoms with Crippen molar-refractivity contribution in [3.63, 3.8) is 0 Å². The van der Waals surface area contributed by atoms with Gasteiger partial charge >= 0.3 is 0 Å². The molecule has 0 radical (unpaired) electrons. The van der Waals surface area contributed by atoms with Gasteiger partial charge in [0.05, 0.1) is 12.5 Å². The lowest BCUT2D eigenvalue weighted by Gasteiger charge is -2.23. The number of rotatable bonds is 9. The van der Waals surface area contributed by atoms with Crippen LogP contribution in [0.3, 0.4) is 0 Å². The van der Waals surface area contributed by atoms with Gasteiger partial charge in [0.2, 0.25) is 11.8 Å². The van der Waals surface area contributed by atoms with Crippen molar-refractivity contribution >= 4 is 11.8 Å². The van der Waals surface area contributed by atoms with E-state index in [1.54, 1.807) is 14.2 Å². The fraction of sp³-hybridized carbons (Fsp3) is 0.529. The predicted octanol–water partition coefficient (Wildman–Crippen LogP) is 1.79. The molecule has 2 amide bonds. The fourth-order valence-corrected chi connectivity index (χ4v) is 2.30. The van der Waals surface area contributed by atoms with Crippen molar-refractivity contribution in [2.45, 2.75) is 25.7 Å². The summed E-state index contributed by atoms with van der Waals surface area (Å²) in [7, 11) is 3.30. The minimum Gasteiger partial charge on any atom is -0.385 e. The van der Waals surface area contributed by atoms with Crippen LogP contribution in [0.5, 0.6) is 0 Å². The number of carbonyl (C=O) groups excluding carboxylic acids is 2. The summed E-state index contributed by atoms with van der Waals surface area (Å²) in [6.07, 6.45) is 1.48. The third-order valence-corrected chi connectivity index (χ3v) is 3.51. The topological polar surface area (TPSA) is 58.6 Å². The average Bonchev–Trinajstić information content (AvgIpc) is 2.53. The molecule has 0 saturated carbocycles. The van der Waals surface area contributed by atoms with Crippen molar-refractivity contribution < 1.29 is 14.3 Å². The van der Waals surface area contributed by atoms with Crippen molar-refractivity contribution in [2.24, 2.45) is 0 Å². The number of likely N-dealkylation sites (N-methyl/N-ethyl adjacent to an activating group) is 1. The van der Waals surface area contributed by atoms with Crippen LogP contribution in [0.4, 0.5) is 0 Å². The summed E-state index contributed by atoms with van der Waals surface area (Å²) in [5.74, 6) is -0.372. The third-order valence-electron chi connectivity index (χ3n) is 3.51. The first kappa shape index (κ1) is 18.2. The Kier molecular flexibility index (Phi) is 8.22. The van der Waals surface area contributed by atoms with E-state index in [2.05, 4.69) is 5.32 Å². The largest absolute Gasteiger partial charge is 0.385 e. The lowest BCUT2D eigenvalue weighted by molar-refractivity contribution is -0.136. The molecule has 1 atom stereocenters.